The molecule has 0 radical (unpaired) electrons. The zero-order valence-electron chi connectivity index (χ0n) is 12.6. The van der Waals surface area contributed by atoms with Gasteiger partial charge in [-0.3, -0.25) is 0 Å². The Morgan fingerprint density at radius 3 is 2.29 bits per heavy atom. The van der Waals surface area contributed by atoms with Crippen molar-refractivity contribution in [2.24, 2.45) is 5.92 Å². The van der Waals surface area contributed by atoms with Gasteiger partial charge in [-0.25, -0.2) is 0 Å². The van der Waals surface area contributed by atoms with Gasteiger partial charge >= 0.3 is 0 Å². The summed E-state index contributed by atoms with van der Waals surface area (Å²) in [7, 11) is -1.54. The molecule has 1 nitrogen and oxygen atoms in total. The van der Waals surface area contributed by atoms with Gasteiger partial charge in [0.1, 0.15) is 0 Å². The quantitative estimate of drug-likeness (QED) is 0.359. The van der Waals surface area contributed by atoms with Crippen LogP contribution in [0.15, 0.2) is 0 Å². The molecule has 0 heterocycles. The Morgan fingerprint density at radius 1 is 1.24 bits per heavy atom. The first kappa shape index (κ1) is 16.7. The summed E-state index contributed by atoms with van der Waals surface area (Å²) in [6.45, 7) is 14.7. The molecule has 0 aromatic heterocycles. The summed E-state index contributed by atoms with van der Waals surface area (Å²) in [6.07, 6.45) is 9.70. The Bertz CT molecular complexity index is 245. The highest BCUT2D eigenvalue weighted by Gasteiger charge is 2.36. The highest BCUT2D eigenvalue weighted by Crippen LogP contribution is 2.36. The smallest absolute Gasteiger partial charge is 0.191 e. The van der Waals surface area contributed by atoms with Crippen molar-refractivity contribution in [3.05, 3.63) is 0 Å². The maximum Gasteiger partial charge on any atom is 0.191 e. The van der Waals surface area contributed by atoms with Crippen LogP contribution < -0.4 is 0 Å². The second-order valence-corrected chi connectivity index (χ2v) is 11.4. The summed E-state index contributed by atoms with van der Waals surface area (Å²) < 4.78 is 6.17. The minimum absolute atomic E-state index is 0.319. The van der Waals surface area contributed by atoms with Gasteiger partial charge in [0.25, 0.3) is 0 Å². The van der Waals surface area contributed by atoms with E-state index >= 15 is 0 Å². The molecule has 0 aromatic rings. The molecule has 0 aliphatic rings. The van der Waals surface area contributed by atoms with Crippen molar-refractivity contribution in [2.75, 3.05) is 6.61 Å². The van der Waals surface area contributed by atoms with Crippen LogP contribution in [0.4, 0.5) is 0 Å². The van der Waals surface area contributed by atoms with Crippen molar-refractivity contribution in [2.45, 2.75) is 71.5 Å². The maximum atomic E-state index is 6.17. The summed E-state index contributed by atoms with van der Waals surface area (Å²) in [4.78, 5) is 0. The average molecular weight is 254 g/mol. The summed E-state index contributed by atoms with van der Waals surface area (Å²) in [5.41, 5.74) is 0. The van der Waals surface area contributed by atoms with Crippen LogP contribution in [-0.2, 0) is 4.43 Å². The molecule has 0 bridgehead atoms. The molecule has 0 N–H and O–H groups in total. The Morgan fingerprint density at radius 2 is 1.82 bits per heavy atom. The fourth-order valence-corrected chi connectivity index (χ4v) is 2.49. The Kier molecular flexibility index (Phi) is 7.12. The topological polar surface area (TPSA) is 9.23 Å². The molecule has 17 heavy (non-hydrogen) atoms. The first-order valence-corrected chi connectivity index (χ1v) is 9.69. The predicted molar refractivity (Wildman–Crippen MR) is 79.6 cm³/mol. The van der Waals surface area contributed by atoms with Crippen LogP contribution in [-0.4, -0.2) is 14.9 Å². The molecule has 0 spiro atoms. The van der Waals surface area contributed by atoms with Crippen molar-refractivity contribution in [1.82, 2.24) is 0 Å². The third-order valence-corrected chi connectivity index (χ3v) is 8.44. The first-order chi connectivity index (χ1) is 7.70. The van der Waals surface area contributed by atoms with Gasteiger partial charge in [0, 0.05) is 13.0 Å². The zero-order valence-corrected chi connectivity index (χ0v) is 13.6. The SMILES string of the molecule is C#CCCCC(C)CCO[Si](C)(C)C(C)(C)C. The molecular formula is C15H30OSi. The molecule has 0 saturated carbocycles. The van der Waals surface area contributed by atoms with E-state index in [-0.39, 0.29) is 0 Å². The highest BCUT2D eigenvalue weighted by molar-refractivity contribution is 6.74. The molecule has 0 fully saturated rings. The van der Waals surface area contributed by atoms with Crippen LogP contribution in [0.1, 0.15) is 53.4 Å². The van der Waals surface area contributed by atoms with E-state index in [2.05, 4.69) is 46.7 Å². The molecule has 0 rings (SSSR count). The van der Waals surface area contributed by atoms with Crippen LogP contribution in [0.25, 0.3) is 0 Å². The van der Waals surface area contributed by atoms with Gasteiger partial charge in [-0.15, -0.1) is 12.3 Å². The Labute approximate surface area is 109 Å². The van der Waals surface area contributed by atoms with Crippen molar-refractivity contribution < 1.29 is 4.43 Å². The predicted octanol–water partition coefficient (Wildman–Crippen LogP) is 4.84. The second kappa shape index (κ2) is 7.23. The molecule has 0 amide bonds. The van der Waals surface area contributed by atoms with Gasteiger partial charge in [0.05, 0.1) is 0 Å². The summed E-state index contributed by atoms with van der Waals surface area (Å²) >= 11 is 0. The number of hydrogen-bond acceptors (Lipinski definition) is 1. The highest BCUT2D eigenvalue weighted by atomic mass is 28.4. The number of terminal acetylenes is 1. The first-order valence-electron chi connectivity index (χ1n) is 6.78. The van der Waals surface area contributed by atoms with Crippen molar-refractivity contribution in [3.63, 3.8) is 0 Å². The van der Waals surface area contributed by atoms with Gasteiger partial charge in [-0.05, 0) is 43.3 Å². The lowest BCUT2D eigenvalue weighted by molar-refractivity contribution is 0.255. The minimum Gasteiger partial charge on any atom is -0.417 e. The minimum atomic E-state index is -1.54. The molecular weight excluding hydrogens is 224 g/mol. The molecule has 0 aliphatic carbocycles. The monoisotopic (exact) mass is 254 g/mol. The van der Waals surface area contributed by atoms with E-state index in [1.165, 1.54) is 6.42 Å². The molecule has 0 aromatic carbocycles. The van der Waals surface area contributed by atoms with Crippen LogP contribution in [0.2, 0.25) is 18.1 Å². The number of hydrogen-bond donors (Lipinski definition) is 0. The molecule has 0 aliphatic heterocycles. The van der Waals surface area contributed by atoms with Crippen LogP contribution >= 0.6 is 0 Å². The van der Waals surface area contributed by atoms with E-state index < -0.39 is 8.32 Å². The van der Waals surface area contributed by atoms with Crippen LogP contribution in [0.3, 0.4) is 0 Å². The maximum absolute atomic E-state index is 6.17. The van der Waals surface area contributed by atoms with Gasteiger partial charge in [-0.1, -0.05) is 27.7 Å². The lowest BCUT2D eigenvalue weighted by atomic mass is 10.0. The Hall–Kier alpha value is -0.263. The lowest BCUT2D eigenvalue weighted by Crippen LogP contribution is -2.41. The fraction of sp³-hybridized carbons (Fsp3) is 0.867. The van der Waals surface area contributed by atoms with E-state index in [1.807, 2.05) is 0 Å². The third-order valence-electron chi connectivity index (χ3n) is 3.90. The normalized spacial score (nSPS) is 14.4. The van der Waals surface area contributed by atoms with E-state index in [0.717, 1.165) is 31.8 Å². The third kappa shape index (κ3) is 6.91. The van der Waals surface area contributed by atoms with Crippen molar-refractivity contribution in [1.29, 1.82) is 0 Å². The van der Waals surface area contributed by atoms with Crippen LogP contribution in [0.5, 0.6) is 0 Å². The van der Waals surface area contributed by atoms with E-state index in [9.17, 15) is 0 Å². The summed E-state index contributed by atoms with van der Waals surface area (Å²) in [6, 6.07) is 0. The largest absolute Gasteiger partial charge is 0.417 e. The molecule has 0 saturated heterocycles. The second-order valence-electron chi connectivity index (χ2n) is 6.60. The number of rotatable bonds is 7. The fourth-order valence-electron chi connectivity index (χ4n) is 1.43. The lowest BCUT2D eigenvalue weighted by Gasteiger charge is -2.36. The summed E-state index contributed by atoms with van der Waals surface area (Å²) in [5.74, 6) is 3.43. The molecule has 2 heteroatoms. The number of unbranched alkanes of at least 4 members (excludes halogenated alkanes) is 1. The molecule has 100 valence electrons. The standard InChI is InChI=1S/C15H30OSi/c1-8-9-10-11-14(2)12-13-16-17(6,7)15(3,4)5/h1,14H,9-13H2,2-7H3. The van der Waals surface area contributed by atoms with E-state index in [1.54, 1.807) is 0 Å². The zero-order chi connectivity index (χ0) is 13.5. The van der Waals surface area contributed by atoms with E-state index in [4.69, 9.17) is 10.8 Å². The van der Waals surface area contributed by atoms with Crippen molar-refractivity contribution in [3.8, 4) is 12.3 Å². The van der Waals surface area contributed by atoms with Crippen molar-refractivity contribution >= 4 is 8.32 Å². The van der Waals surface area contributed by atoms with Gasteiger partial charge in [-0.2, -0.15) is 0 Å². The van der Waals surface area contributed by atoms with Crippen LogP contribution in [0, 0.1) is 18.3 Å². The van der Waals surface area contributed by atoms with Gasteiger partial charge < -0.3 is 4.43 Å². The van der Waals surface area contributed by atoms with E-state index in [0.29, 0.717) is 5.04 Å². The van der Waals surface area contributed by atoms with Gasteiger partial charge in [0.2, 0.25) is 0 Å². The summed E-state index contributed by atoms with van der Waals surface area (Å²) in [5, 5.41) is 0.319. The Balaban J connectivity index is 3.80. The van der Waals surface area contributed by atoms with Gasteiger partial charge in [0.15, 0.2) is 8.32 Å². The average Bonchev–Trinajstić information content (AvgIpc) is 2.16. The molecule has 1 unspecified atom stereocenters. The molecule has 1 atom stereocenters.